The average molecular weight is 240 g/mol. The highest BCUT2D eigenvalue weighted by molar-refractivity contribution is 5.78. The Morgan fingerprint density at radius 1 is 1.41 bits per heavy atom. The van der Waals surface area contributed by atoms with E-state index in [4.69, 9.17) is 0 Å². The van der Waals surface area contributed by atoms with Crippen LogP contribution in [0.2, 0.25) is 0 Å². The minimum Gasteiger partial charge on any atom is -0.355 e. The van der Waals surface area contributed by atoms with Gasteiger partial charge in [-0.25, -0.2) is 0 Å². The van der Waals surface area contributed by atoms with Gasteiger partial charge in [0.05, 0.1) is 6.54 Å². The molecule has 17 heavy (non-hydrogen) atoms. The summed E-state index contributed by atoms with van der Waals surface area (Å²) in [5.41, 5.74) is 0. The van der Waals surface area contributed by atoms with Gasteiger partial charge in [-0.1, -0.05) is 13.8 Å². The first kappa shape index (κ1) is 14.2. The van der Waals surface area contributed by atoms with Crippen LogP contribution < -0.4 is 5.32 Å². The van der Waals surface area contributed by atoms with Gasteiger partial charge in [0.25, 0.3) is 0 Å². The number of nitrogens with zero attached hydrogens (tertiary/aromatic N) is 1. The number of hydrogen-bond donors (Lipinski definition) is 1. The molecule has 0 aromatic carbocycles. The molecule has 0 aliphatic carbocycles. The molecular formula is C13H24N2O2. The molecule has 0 saturated carbocycles. The van der Waals surface area contributed by atoms with Gasteiger partial charge >= 0.3 is 0 Å². The average Bonchev–Trinajstić information content (AvgIpc) is 2.62. The second kappa shape index (κ2) is 6.74. The van der Waals surface area contributed by atoms with Crippen molar-refractivity contribution in [1.82, 2.24) is 10.2 Å². The molecule has 1 N–H and O–H groups in total. The van der Waals surface area contributed by atoms with Gasteiger partial charge in [0.15, 0.2) is 0 Å². The first-order valence-electron chi connectivity index (χ1n) is 6.49. The highest BCUT2D eigenvalue weighted by Crippen LogP contribution is 2.19. The molecule has 0 radical (unpaired) electrons. The van der Waals surface area contributed by atoms with Gasteiger partial charge in [-0.05, 0) is 32.2 Å². The lowest BCUT2D eigenvalue weighted by atomic mass is 10.1. The fraction of sp³-hybridized carbons (Fsp3) is 0.846. The molecule has 1 aliphatic rings. The quantitative estimate of drug-likeness (QED) is 0.759. The minimum absolute atomic E-state index is 0.0779. The van der Waals surface area contributed by atoms with Gasteiger partial charge < -0.3 is 5.32 Å². The lowest BCUT2D eigenvalue weighted by Gasteiger charge is -2.23. The topological polar surface area (TPSA) is 49.4 Å². The summed E-state index contributed by atoms with van der Waals surface area (Å²) in [6.45, 7) is 7.88. The molecule has 0 spiro atoms. The number of nitrogens with one attached hydrogen (secondary N) is 1. The largest absolute Gasteiger partial charge is 0.355 e. The van der Waals surface area contributed by atoms with E-state index < -0.39 is 0 Å². The van der Waals surface area contributed by atoms with Crippen LogP contribution in [0.3, 0.4) is 0 Å². The van der Waals surface area contributed by atoms with Crippen molar-refractivity contribution < 1.29 is 9.59 Å². The molecule has 1 atom stereocenters. The summed E-state index contributed by atoms with van der Waals surface area (Å²) in [5.74, 6) is 0.768. The van der Waals surface area contributed by atoms with E-state index in [2.05, 4.69) is 24.1 Å². The maximum Gasteiger partial charge on any atom is 0.234 e. The van der Waals surface area contributed by atoms with E-state index in [1.54, 1.807) is 6.92 Å². The summed E-state index contributed by atoms with van der Waals surface area (Å²) in [5, 5.41) is 2.92. The van der Waals surface area contributed by atoms with E-state index in [0.29, 0.717) is 18.9 Å². The molecule has 0 bridgehead atoms. The lowest BCUT2D eigenvalue weighted by Crippen LogP contribution is -2.41. The van der Waals surface area contributed by atoms with Crippen LogP contribution in [0.1, 0.15) is 40.0 Å². The zero-order valence-electron chi connectivity index (χ0n) is 11.2. The molecule has 0 aromatic rings. The molecule has 1 fully saturated rings. The van der Waals surface area contributed by atoms with E-state index in [0.717, 1.165) is 25.9 Å². The summed E-state index contributed by atoms with van der Waals surface area (Å²) in [7, 11) is 0. The van der Waals surface area contributed by atoms with Gasteiger partial charge in [-0.2, -0.15) is 0 Å². The maximum absolute atomic E-state index is 11.7. The normalized spacial score (nSPS) is 20.8. The van der Waals surface area contributed by atoms with E-state index >= 15 is 0 Å². The van der Waals surface area contributed by atoms with E-state index in [9.17, 15) is 9.59 Å². The number of likely N-dealkylation sites (tertiary alicyclic amines) is 1. The SMILES string of the molecule is CC(=O)CC1CCCN1CC(=O)NCC(C)C. The molecule has 4 nitrogen and oxygen atoms in total. The van der Waals surface area contributed by atoms with E-state index in [1.807, 2.05) is 0 Å². The number of ketones is 1. The number of amides is 1. The van der Waals surface area contributed by atoms with Crippen LogP contribution in [-0.2, 0) is 9.59 Å². The molecule has 1 aliphatic heterocycles. The highest BCUT2D eigenvalue weighted by Gasteiger charge is 2.26. The zero-order chi connectivity index (χ0) is 12.8. The van der Waals surface area contributed by atoms with Crippen molar-refractivity contribution in [3.63, 3.8) is 0 Å². The summed E-state index contributed by atoms with van der Waals surface area (Å²) < 4.78 is 0. The molecule has 0 aromatic heterocycles. The van der Waals surface area contributed by atoms with Crippen molar-refractivity contribution in [2.45, 2.75) is 46.1 Å². The number of hydrogen-bond acceptors (Lipinski definition) is 3. The minimum atomic E-state index is 0.0779. The summed E-state index contributed by atoms with van der Waals surface area (Å²) in [6.07, 6.45) is 2.71. The van der Waals surface area contributed by atoms with Crippen molar-refractivity contribution in [3.05, 3.63) is 0 Å². The monoisotopic (exact) mass is 240 g/mol. The molecule has 4 heteroatoms. The molecule has 1 unspecified atom stereocenters. The summed E-state index contributed by atoms with van der Waals surface area (Å²) in [6, 6.07) is 0.275. The first-order chi connectivity index (χ1) is 7.99. The predicted molar refractivity (Wildman–Crippen MR) is 67.7 cm³/mol. The van der Waals surface area contributed by atoms with Crippen LogP contribution in [0.5, 0.6) is 0 Å². The van der Waals surface area contributed by atoms with Gasteiger partial charge in [0, 0.05) is 19.0 Å². The van der Waals surface area contributed by atoms with Crippen molar-refractivity contribution in [1.29, 1.82) is 0 Å². The van der Waals surface area contributed by atoms with Gasteiger partial charge in [-0.3, -0.25) is 14.5 Å². The lowest BCUT2D eigenvalue weighted by molar-refractivity contribution is -0.124. The summed E-state index contributed by atoms with van der Waals surface area (Å²) in [4.78, 5) is 25.0. The van der Waals surface area contributed by atoms with Gasteiger partial charge in [0.1, 0.15) is 5.78 Å². The van der Waals surface area contributed by atoms with Crippen LogP contribution in [0.4, 0.5) is 0 Å². The van der Waals surface area contributed by atoms with Crippen LogP contribution >= 0.6 is 0 Å². The first-order valence-corrected chi connectivity index (χ1v) is 6.49. The number of rotatable bonds is 6. The van der Waals surface area contributed by atoms with Gasteiger partial charge in [0.2, 0.25) is 5.91 Å². The standard InChI is InChI=1S/C13H24N2O2/c1-10(2)8-14-13(17)9-15-6-4-5-12(15)7-11(3)16/h10,12H,4-9H2,1-3H3,(H,14,17). The van der Waals surface area contributed by atoms with Crippen molar-refractivity contribution in [2.24, 2.45) is 5.92 Å². The Morgan fingerprint density at radius 3 is 2.71 bits per heavy atom. The molecule has 1 saturated heterocycles. The van der Waals surface area contributed by atoms with Crippen LogP contribution in [0.15, 0.2) is 0 Å². The Hall–Kier alpha value is -0.900. The third-order valence-corrected chi connectivity index (χ3v) is 3.08. The van der Waals surface area contributed by atoms with Crippen molar-refractivity contribution in [3.8, 4) is 0 Å². The Morgan fingerprint density at radius 2 is 2.12 bits per heavy atom. The Kier molecular flexibility index (Phi) is 5.62. The van der Waals surface area contributed by atoms with Crippen molar-refractivity contribution >= 4 is 11.7 Å². The Labute approximate surface area is 104 Å². The summed E-state index contributed by atoms with van der Waals surface area (Å²) >= 11 is 0. The second-order valence-corrected chi connectivity index (χ2v) is 5.37. The Balaban J connectivity index is 2.33. The number of Topliss-reactive ketones (excluding diaryl/α,β-unsaturated/α-hetero) is 1. The number of carbonyl (C=O) groups is 2. The van der Waals surface area contributed by atoms with Crippen LogP contribution in [0.25, 0.3) is 0 Å². The fourth-order valence-corrected chi connectivity index (χ4v) is 2.22. The highest BCUT2D eigenvalue weighted by atomic mass is 16.2. The fourth-order valence-electron chi connectivity index (χ4n) is 2.22. The zero-order valence-corrected chi connectivity index (χ0v) is 11.2. The number of carbonyl (C=O) groups excluding carboxylic acids is 2. The van der Waals surface area contributed by atoms with E-state index in [-0.39, 0.29) is 17.7 Å². The molecule has 1 amide bonds. The third kappa shape index (κ3) is 5.31. The molecule has 1 rings (SSSR count). The predicted octanol–water partition coefficient (Wildman–Crippen LogP) is 1.20. The molecular weight excluding hydrogens is 216 g/mol. The third-order valence-electron chi connectivity index (χ3n) is 3.08. The van der Waals surface area contributed by atoms with E-state index in [1.165, 1.54) is 0 Å². The molecule has 1 heterocycles. The Bertz CT molecular complexity index is 277. The molecule has 98 valence electrons. The van der Waals surface area contributed by atoms with Crippen LogP contribution in [-0.4, -0.2) is 42.3 Å². The van der Waals surface area contributed by atoms with Crippen LogP contribution in [0, 0.1) is 5.92 Å². The van der Waals surface area contributed by atoms with Crippen molar-refractivity contribution in [2.75, 3.05) is 19.6 Å². The second-order valence-electron chi connectivity index (χ2n) is 5.37. The smallest absolute Gasteiger partial charge is 0.234 e. The maximum atomic E-state index is 11.7. The van der Waals surface area contributed by atoms with Gasteiger partial charge in [-0.15, -0.1) is 0 Å².